The van der Waals surface area contributed by atoms with E-state index in [2.05, 4.69) is 31.0 Å². The second kappa shape index (κ2) is 6.20. The maximum atomic E-state index is 12.4. The zero-order chi connectivity index (χ0) is 13.9. The van der Waals surface area contributed by atoms with Gasteiger partial charge in [-0.05, 0) is 33.7 Å². The van der Waals surface area contributed by atoms with E-state index in [1.165, 1.54) is 0 Å². The fourth-order valence-corrected chi connectivity index (χ4v) is 3.09. The van der Waals surface area contributed by atoms with Gasteiger partial charge in [0.1, 0.15) is 0 Å². The summed E-state index contributed by atoms with van der Waals surface area (Å²) >= 11 is 0. The molecule has 2 rings (SSSR count). The molecule has 2 heterocycles. The minimum atomic E-state index is -0.154. The maximum absolute atomic E-state index is 12.4. The lowest BCUT2D eigenvalue weighted by Gasteiger charge is -2.41. The Morgan fingerprint density at radius 2 is 2.16 bits per heavy atom. The fraction of sp³-hybridized carbons (Fsp3) is 0.929. The SMILES string of the molecule is CC1CN(CC(=O)N2CCCNCC2)CC(C)(C)O1. The third kappa shape index (κ3) is 4.44. The van der Waals surface area contributed by atoms with Gasteiger partial charge in [0.2, 0.25) is 5.91 Å². The van der Waals surface area contributed by atoms with Gasteiger partial charge in [0, 0.05) is 32.7 Å². The van der Waals surface area contributed by atoms with Crippen molar-refractivity contribution in [2.75, 3.05) is 45.8 Å². The van der Waals surface area contributed by atoms with Crippen LogP contribution in [0.5, 0.6) is 0 Å². The van der Waals surface area contributed by atoms with Gasteiger partial charge in [-0.1, -0.05) is 0 Å². The lowest BCUT2D eigenvalue weighted by atomic mass is 10.1. The van der Waals surface area contributed by atoms with Crippen molar-refractivity contribution in [1.82, 2.24) is 15.1 Å². The van der Waals surface area contributed by atoms with E-state index >= 15 is 0 Å². The Labute approximate surface area is 116 Å². The predicted molar refractivity (Wildman–Crippen MR) is 75.1 cm³/mol. The number of morpholine rings is 1. The van der Waals surface area contributed by atoms with Gasteiger partial charge >= 0.3 is 0 Å². The lowest BCUT2D eigenvalue weighted by Crippen LogP contribution is -2.54. The van der Waals surface area contributed by atoms with E-state index in [9.17, 15) is 4.79 Å². The average Bonchev–Trinajstić information content (AvgIpc) is 2.54. The molecule has 2 aliphatic heterocycles. The monoisotopic (exact) mass is 269 g/mol. The first-order valence-corrected chi connectivity index (χ1v) is 7.35. The summed E-state index contributed by atoms with van der Waals surface area (Å²) in [7, 11) is 0. The third-order valence-electron chi connectivity index (χ3n) is 3.69. The third-order valence-corrected chi connectivity index (χ3v) is 3.69. The van der Waals surface area contributed by atoms with Crippen molar-refractivity contribution in [3.8, 4) is 0 Å². The molecular formula is C14H27N3O2. The number of nitrogens with zero attached hydrogens (tertiary/aromatic N) is 2. The summed E-state index contributed by atoms with van der Waals surface area (Å²) in [5, 5.41) is 3.33. The Hall–Kier alpha value is -0.650. The van der Waals surface area contributed by atoms with Gasteiger partial charge in [0.15, 0.2) is 0 Å². The van der Waals surface area contributed by atoms with Gasteiger partial charge in [0.05, 0.1) is 18.2 Å². The summed E-state index contributed by atoms with van der Waals surface area (Å²) in [5.74, 6) is 0.258. The lowest BCUT2D eigenvalue weighted by molar-refractivity contribution is -0.145. The average molecular weight is 269 g/mol. The predicted octanol–water partition coefficient (Wildman–Crippen LogP) is 0.308. The number of rotatable bonds is 2. The summed E-state index contributed by atoms with van der Waals surface area (Å²) < 4.78 is 5.87. The van der Waals surface area contributed by atoms with Crippen molar-refractivity contribution >= 4 is 5.91 Å². The summed E-state index contributed by atoms with van der Waals surface area (Å²) in [6.45, 7) is 12.1. The van der Waals surface area contributed by atoms with Crippen LogP contribution in [0.15, 0.2) is 0 Å². The van der Waals surface area contributed by atoms with Crippen LogP contribution in [0.3, 0.4) is 0 Å². The normalized spacial score (nSPS) is 29.0. The maximum Gasteiger partial charge on any atom is 0.236 e. The molecule has 2 fully saturated rings. The first-order chi connectivity index (χ1) is 8.96. The molecular weight excluding hydrogens is 242 g/mol. The highest BCUT2D eigenvalue weighted by atomic mass is 16.5. The molecule has 0 spiro atoms. The Morgan fingerprint density at radius 3 is 2.89 bits per heavy atom. The van der Waals surface area contributed by atoms with Crippen molar-refractivity contribution < 1.29 is 9.53 Å². The van der Waals surface area contributed by atoms with Crippen molar-refractivity contribution in [1.29, 1.82) is 0 Å². The highest BCUT2D eigenvalue weighted by Gasteiger charge is 2.32. The molecule has 0 radical (unpaired) electrons. The van der Waals surface area contributed by atoms with Crippen LogP contribution in [0.1, 0.15) is 27.2 Å². The molecule has 110 valence electrons. The van der Waals surface area contributed by atoms with E-state index in [0.717, 1.165) is 45.7 Å². The number of nitrogens with one attached hydrogen (secondary N) is 1. The van der Waals surface area contributed by atoms with Gasteiger partial charge in [-0.25, -0.2) is 0 Å². The molecule has 0 bridgehead atoms. The Bertz CT molecular complexity index is 312. The molecule has 0 saturated carbocycles. The van der Waals surface area contributed by atoms with E-state index in [0.29, 0.717) is 6.54 Å². The molecule has 1 amide bonds. The van der Waals surface area contributed by atoms with Crippen molar-refractivity contribution in [2.24, 2.45) is 0 Å². The Kier molecular flexibility index (Phi) is 4.81. The number of carbonyl (C=O) groups excluding carboxylic acids is 1. The van der Waals surface area contributed by atoms with Crippen molar-refractivity contribution in [3.05, 3.63) is 0 Å². The topological polar surface area (TPSA) is 44.8 Å². The van der Waals surface area contributed by atoms with E-state index in [1.807, 2.05) is 4.90 Å². The van der Waals surface area contributed by atoms with Gasteiger partial charge in [-0.15, -0.1) is 0 Å². The Morgan fingerprint density at radius 1 is 1.37 bits per heavy atom. The van der Waals surface area contributed by atoms with E-state index < -0.39 is 0 Å². The van der Waals surface area contributed by atoms with Crippen LogP contribution in [0.25, 0.3) is 0 Å². The quantitative estimate of drug-likeness (QED) is 0.783. The molecule has 2 aliphatic rings. The zero-order valence-electron chi connectivity index (χ0n) is 12.4. The smallest absolute Gasteiger partial charge is 0.236 e. The summed E-state index contributed by atoms with van der Waals surface area (Å²) in [6, 6.07) is 0. The molecule has 1 atom stereocenters. The van der Waals surface area contributed by atoms with Gasteiger partial charge in [0.25, 0.3) is 0 Å². The van der Waals surface area contributed by atoms with E-state index in [-0.39, 0.29) is 17.6 Å². The zero-order valence-corrected chi connectivity index (χ0v) is 12.4. The van der Waals surface area contributed by atoms with Gasteiger partial charge in [-0.3, -0.25) is 9.69 Å². The number of hydrogen-bond acceptors (Lipinski definition) is 4. The van der Waals surface area contributed by atoms with Crippen LogP contribution in [0.2, 0.25) is 0 Å². The van der Waals surface area contributed by atoms with E-state index in [1.54, 1.807) is 0 Å². The second-order valence-electron chi connectivity index (χ2n) is 6.34. The molecule has 1 N–H and O–H groups in total. The molecule has 5 nitrogen and oxygen atoms in total. The van der Waals surface area contributed by atoms with E-state index in [4.69, 9.17) is 4.74 Å². The highest BCUT2D eigenvalue weighted by molar-refractivity contribution is 5.78. The summed E-state index contributed by atoms with van der Waals surface area (Å²) in [4.78, 5) is 16.6. The van der Waals surface area contributed by atoms with Gasteiger partial charge in [-0.2, -0.15) is 0 Å². The number of amides is 1. The van der Waals surface area contributed by atoms with Crippen LogP contribution >= 0.6 is 0 Å². The van der Waals surface area contributed by atoms with Crippen molar-refractivity contribution in [3.63, 3.8) is 0 Å². The molecule has 2 saturated heterocycles. The first kappa shape index (κ1) is 14.8. The molecule has 19 heavy (non-hydrogen) atoms. The molecule has 5 heteroatoms. The number of carbonyl (C=O) groups is 1. The molecule has 0 aromatic rings. The van der Waals surface area contributed by atoms with Crippen LogP contribution in [0, 0.1) is 0 Å². The largest absolute Gasteiger partial charge is 0.370 e. The fourth-order valence-electron chi connectivity index (χ4n) is 3.09. The van der Waals surface area contributed by atoms with Crippen LogP contribution < -0.4 is 5.32 Å². The number of hydrogen-bond donors (Lipinski definition) is 1. The van der Waals surface area contributed by atoms with Gasteiger partial charge < -0.3 is 15.0 Å². The highest BCUT2D eigenvalue weighted by Crippen LogP contribution is 2.20. The first-order valence-electron chi connectivity index (χ1n) is 7.35. The van der Waals surface area contributed by atoms with Crippen LogP contribution in [0.4, 0.5) is 0 Å². The molecule has 1 unspecified atom stereocenters. The minimum Gasteiger partial charge on any atom is -0.370 e. The molecule has 0 aromatic heterocycles. The Balaban J connectivity index is 1.87. The van der Waals surface area contributed by atoms with Crippen LogP contribution in [-0.2, 0) is 9.53 Å². The number of ether oxygens (including phenoxy) is 1. The van der Waals surface area contributed by atoms with Crippen molar-refractivity contribution in [2.45, 2.75) is 38.9 Å². The standard InChI is InChI=1S/C14H27N3O2/c1-12-9-16(11-14(2,3)19-12)10-13(18)17-7-4-5-15-6-8-17/h12,15H,4-11H2,1-3H3. The summed E-state index contributed by atoms with van der Waals surface area (Å²) in [6.07, 6.45) is 1.25. The second-order valence-corrected chi connectivity index (χ2v) is 6.34. The summed E-state index contributed by atoms with van der Waals surface area (Å²) in [5.41, 5.74) is -0.154. The minimum absolute atomic E-state index is 0.154. The molecule has 0 aliphatic carbocycles. The molecule has 0 aromatic carbocycles. The van der Waals surface area contributed by atoms with Crippen LogP contribution in [-0.4, -0.2) is 73.2 Å².